The number of Topliss-reactive ketones (excluding diaryl/α,β-unsaturated/α-hetero) is 1. The Morgan fingerprint density at radius 2 is 1.53 bits per heavy atom. The van der Waals surface area contributed by atoms with Gasteiger partial charge in [-0.1, -0.05) is 41.5 Å². The molecule has 0 aliphatic carbocycles. The maximum Gasteiger partial charge on any atom is 0.139 e. The van der Waals surface area contributed by atoms with Crippen LogP contribution in [0.1, 0.15) is 61.3 Å². The highest BCUT2D eigenvalue weighted by molar-refractivity contribution is 5.91. The number of carbonyl (C=O) groups excluding carboxylic acids is 1. The number of aliphatic imine (C=N–C) groups is 1. The Morgan fingerprint density at radius 3 is 1.94 bits per heavy atom. The van der Waals surface area contributed by atoms with Crippen molar-refractivity contribution in [2.45, 2.75) is 67.3 Å². The van der Waals surface area contributed by atoms with Crippen molar-refractivity contribution in [2.24, 2.45) is 21.7 Å². The van der Waals surface area contributed by atoms with E-state index in [1.165, 1.54) is 0 Å². The summed E-state index contributed by atoms with van der Waals surface area (Å²) in [5.41, 5.74) is 1.16. The molecule has 2 atom stereocenters. The largest absolute Gasteiger partial charge is 0.299 e. The first kappa shape index (κ1) is 14.4. The van der Waals surface area contributed by atoms with Gasteiger partial charge in [-0.25, -0.2) is 0 Å². The first-order valence-corrected chi connectivity index (χ1v) is 6.59. The zero-order valence-corrected chi connectivity index (χ0v) is 12.4. The molecule has 0 aromatic carbocycles. The monoisotopic (exact) mass is 237 g/mol. The summed E-state index contributed by atoms with van der Waals surface area (Å²) in [6.45, 7) is 15.1. The van der Waals surface area contributed by atoms with Crippen molar-refractivity contribution in [2.75, 3.05) is 0 Å². The zero-order valence-electron chi connectivity index (χ0n) is 12.4. The Morgan fingerprint density at radius 1 is 1.00 bits per heavy atom. The summed E-state index contributed by atoms with van der Waals surface area (Å²) in [6.07, 6.45) is 1.49. The number of carbonyl (C=O) groups is 1. The maximum atomic E-state index is 12.4. The molecule has 0 radical (unpaired) electrons. The van der Waals surface area contributed by atoms with Crippen LogP contribution < -0.4 is 0 Å². The van der Waals surface area contributed by atoms with Crippen LogP contribution in [0.15, 0.2) is 4.99 Å². The van der Waals surface area contributed by atoms with Crippen LogP contribution in [0.25, 0.3) is 0 Å². The van der Waals surface area contributed by atoms with E-state index in [-0.39, 0.29) is 22.8 Å². The molecule has 17 heavy (non-hydrogen) atoms. The fraction of sp³-hybridized carbons (Fsp3) is 0.867. The molecule has 0 bridgehead atoms. The average molecular weight is 237 g/mol. The van der Waals surface area contributed by atoms with Gasteiger partial charge in [0.25, 0.3) is 0 Å². The van der Waals surface area contributed by atoms with Gasteiger partial charge in [0, 0.05) is 18.1 Å². The molecule has 2 nitrogen and oxygen atoms in total. The van der Waals surface area contributed by atoms with Gasteiger partial charge >= 0.3 is 0 Å². The molecule has 0 spiro atoms. The van der Waals surface area contributed by atoms with Crippen LogP contribution in [-0.2, 0) is 4.79 Å². The third kappa shape index (κ3) is 3.40. The highest BCUT2D eigenvalue weighted by Crippen LogP contribution is 2.41. The summed E-state index contributed by atoms with van der Waals surface area (Å²) in [5, 5.41) is 0. The summed E-state index contributed by atoms with van der Waals surface area (Å²) < 4.78 is 0. The molecule has 1 heterocycles. The van der Waals surface area contributed by atoms with E-state index in [0.717, 1.165) is 12.1 Å². The van der Waals surface area contributed by atoms with Gasteiger partial charge < -0.3 is 0 Å². The number of rotatable bonds is 0. The number of hydrogen-bond acceptors (Lipinski definition) is 2. The van der Waals surface area contributed by atoms with Gasteiger partial charge in [0.1, 0.15) is 5.78 Å². The lowest BCUT2D eigenvalue weighted by Crippen LogP contribution is -2.43. The molecule has 2 unspecified atom stereocenters. The fourth-order valence-corrected chi connectivity index (χ4v) is 2.66. The normalized spacial score (nSPS) is 27.7. The highest BCUT2D eigenvalue weighted by atomic mass is 16.1. The van der Waals surface area contributed by atoms with Crippen LogP contribution in [0.2, 0.25) is 0 Å². The molecule has 0 saturated carbocycles. The summed E-state index contributed by atoms with van der Waals surface area (Å²) in [6, 6.07) is 0.109. The predicted octanol–water partition coefficient (Wildman–Crippen LogP) is 3.89. The zero-order chi connectivity index (χ0) is 13.4. The molecule has 2 heteroatoms. The topological polar surface area (TPSA) is 29.4 Å². The summed E-state index contributed by atoms with van der Waals surface area (Å²) in [4.78, 5) is 17.2. The van der Waals surface area contributed by atoms with Crippen molar-refractivity contribution in [3.8, 4) is 0 Å². The minimum atomic E-state index is -0.0108. The summed E-state index contributed by atoms with van der Waals surface area (Å²) in [5.74, 6) is 0.429. The Balaban J connectivity index is 3.23. The van der Waals surface area contributed by atoms with Crippen LogP contribution >= 0.6 is 0 Å². The molecule has 1 aliphatic heterocycles. The van der Waals surface area contributed by atoms with Gasteiger partial charge in [-0.15, -0.1) is 0 Å². The van der Waals surface area contributed by atoms with E-state index in [9.17, 15) is 4.79 Å². The second kappa shape index (κ2) is 4.55. The van der Waals surface area contributed by atoms with Gasteiger partial charge in [-0.05, 0) is 24.2 Å². The van der Waals surface area contributed by atoms with Crippen molar-refractivity contribution >= 4 is 11.5 Å². The van der Waals surface area contributed by atoms with Crippen LogP contribution in [0, 0.1) is 16.7 Å². The third-order valence-corrected chi connectivity index (χ3v) is 3.58. The van der Waals surface area contributed by atoms with Crippen LogP contribution in [0.4, 0.5) is 0 Å². The van der Waals surface area contributed by atoms with Crippen molar-refractivity contribution in [3.63, 3.8) is 0 Å². The summed E-state index contributed by atoms with van der Waals surface area (Å²) in [7, 11) is 0. The molecular formula is C15H27NO. The highest BCUT2D eigenvalue weighted by Gasteiger charge is 2.43. The lowest BCUT2D eigenvalue weighted by molar-refractivity contribution is -0.127. The van der Waals surface area contributed by atoms with E-state index >= 15 is 0 Å². The Kier molecular flexibility index (Phi) is 3.85. The van der Waals surface area contributed by atoms with Gasteiger partial charge in [-0.2, -0.15) is 0 Å². The Labute approximate surface area is 106 Å². The minimum absolute atomic E-state index is 0.0108. The third-order valence-electron chi connectivity index (χ3n) is 3.58. The summed E-state index contributed by atoms with van der Waals surface area (Å²) >= 11 is 0. The fourth-order valence-electron chi connectivity index (χ4n) is 2.66. The SMILES string of the molecule is CC1=NC(C(C)(C)C)C(C(C)(C)C)C(=O)CC1. The van der Waals surface area contributed by atoms with E-state index in [4.69, 9.17) is 4.99 Å². The molecule has 0 amide bonds. The van der Waals surface area contributed by atoms with Gasteiger partial charge in [-0.3, -0.25) is 9.79 Å². The molecule has 0 aromatic heterocycles. The molecule has 0 aromatic rings. The molecule has 0 N–H and O–H groups in total. The lowest BCUT2D eigenvalue weighted by Gasteiger charge is -2.39. The van der Waals surface area contributed by atoms with E-state index in [1.807, 2.05) is 0 Å². The second-order valence-electron chi connectivity index (χ2n) is 7.49. The van der Waals surface area contributed by atoms with Crippen LogP contribution in [0.5, 0.6) is 0 Å². The molecule has 1 aliphatic rings. The minimum Gasteiger partial charge on any atom is -0.299 e. The second-order valence-corrected chi connectivity index (χ2v) is 7.49. The first-order chi connectivity index (χ1) is 7.53. The van der Waals surface area contributed by atoms with E-state index in [1.54, 1.807) is 0 Å². The molecule has 98 valence electrons. The molecule has 1 rings (SSSR count). The number of ketones is 1. The van der Waals surface area contributed by atoms with Gasteiger partial charge in [0.15, 0.2) is 0 Å². The quantitative estimate of drug-likeness (QED) is 0.628. The first-order valence-electron chi connectivity index (χ1n) is 6.59. The Hall–Kier alpha value is -0.660. The molecule has 0 fully saturated rings. The number of nitrogens with zero attached hydrogens (tertiary/aromatic N) is 1. The standard InChI is InChI=1S/C15H27NO/c1-10-8-9-11(17)12(14(2,3)4)13(16-10)15(5,6)7/h12-13H,8-9H2,1-7H3. The Bertz CT molecular complexity index is 328. The van der Waals surface area contributed by atoms with Gasteiger partial charge in [0.2, 0.25) is 0 Å². The predicted molar refractivity (Wildman–Crippen MR) is 73.5 cm³/mol. The smallest absolute Gasteiger partial charge is 0.139 e. The van der Waals surface area contributed by atoms with Gasteiger partial charge in [0.05, 0.1) is 6.04 Å². The van der Waals surface area contributed by atoms with E-state index in [0.29, 0.717) is 12.2 Å². The lowest BCUT2D eigenvalue weighted by atomic mass is 9.66. The molecular weight excluding hydrogens is 210 g/mol. The van der Waals surface area contributed by atoms with Crippen molar-refractivity contribution in [1.29, 1.82) is 0 Å². The van der Waals surface area contributed by atoms with Crippen LogP contribution in [-0.4, -0.2) is 17.5 Å². The van der Waals surface area contributed by atoms with E-state index in [2.05, 4.69) is 48.5 Å². The van der Waals surface area contributed by atoms with E-state index < -0.39 is 0 Å². The van der Waals surface area contributed by atoms with Crippen molar-refractivity contribution < 1.29 is 4.79 Å². The van der Waals surface area contributed by atoms with Crippen LogP contribution in [0.3, 0.4) is 0 Å². The van der Waals surface area contributed by atoms with Crippen molar-refractivity contribution in [3.05, 3.63) is 0 Å². The molecule has 0 saturated heterocycles. The van der Waals surface area contributed by atoms with Crippen molar-refractivity contribution in [1.82, 2.24) is 0 Å². The average Bonchev–Trinajstić information content (AvgIpc) is 2.23. The number of hydrogen-bond donors (Lipinski definition) is 0. The maximum absolute atomic E-state index is 12.4.